The van der Waals surface area contributed by atoms with Gasteiger partial charge in [-0.15, -0.1) is 0 Å². The molecule has 2 aromatic rings. The van der Waals surface area contributed by atoms with Gasteiger partial charge in [-0.1, -0.05) is 93.6 Å². The molecule has 0 aliphatic rings. The van der Waals surface area contributed by atoms with Crippen molar-refractivity contribution in [2.45, 2.75) is 96.8 Å². The minimum atomic E-state index is -0.0908. The smallest absolute Gasteiger partial charge is 0.271 e. The number of halogens is 2. The molecule has 0 radical (unpaired) electrons. The van der Waals surface area contributed by atoms with Gasteiger partial charge in [-0.05, 0) is 56.7 Å². The van der Waals surface area contributed by atoms with Crippen molar-refractivity contribution in [3.8, 4) is 5.69 Å². The van der Waals surface area contributed by atoms with Crippen LogP contribution in [0.3, 0.4) is 0 Å². The first-order chi connectivity index (χ1) is 15.1. The summed E-state index contributed by atoms with van der Waals surface area (Å²) < 4.78 is 1.49. The normalized spacial score (nSPS) is 11.6. The molecule has 0 amide bonds. The zero-order valence-electron chi connectivity index (χ0n) is 19.0. The summed E-state index contributed by atoms with van der Waals surface area (Å²) in [6.07, 6.45) is 22.4. The topological polar surface area (TPSA) is 37.8 Å². The lowest BCUT2D eigenvalue weighted by atomic mass is 10.1. The summed E-state index contributed by atoms with van der Waals surface area (Å²) in [7, 11) is 0. The van der Waals surface area contributed by atoms with Crippen LogP contribution in [0.25, 0.3) is 5.69 Å². The van der Waals surface area contributed by atoms with E-state index in [4.69, 9.17) is 23.2 Å². The second-order valence-electron chi connectivity index (χ2n) is 8.39. The number of unbranched alkanes of at least 4 members (excludes halogenated alkanes) is 11. The molecule has 3 nitrogen and oxygen atoms in total. The van der Waals surface area contributed by atoms with Gasteiger partial charge in [0.15, 0.2) is 0 Å². The van der Waals surface area contributed by atoms with E-state index in [0.29, 0.717) is 15.7 Å². The van der Waals surface area contributed by atoms with Gasteiger partial charge >= 0.3 is 0 Å². The van der Waals surface area contributed by atoms with Crippen LogP contribution in [0, 0.1) is 0 Å². The summed E-state index contributed by atoms with van der Waals surface area (Å²) in [5.41, 5.74) is 1.49. The Balaban J connectivity index is 1.54. The molecule has 0 fully saturated rings. The predicted octanol–water partition coefficient (Wildman–Crippen LogP) is 8.66. The minimum Gasteiger partial charge on any atom is -0.295 e. The fourth-order valence-electron chi connectivity index (χ4n) is 3.80. The first-order valence-corrected chi connectivity index (χ1v) is 12.8. The van der Waals surface area contributed by atoms with Gasteiger partial charge in [-0.25, -0.2) is 4.68 Å². The molecule has 1 N–H and O–H groups in total. The molecular formula is C26H38Cl2N2O. The molecule has 0 aliphatic carbocycles. The van der Waals surface area contributed by atoms with Crippen molar-refractivity contribution in [1.82, 2.24) is 9.78 Å². The van der Waals surface area contributed by atoms with Gasteiger partial charge in [0.2, 0.25) is 0 Å². The highest BCUT2D eigenvalue weighted by Gasteiger charge is 2.09. The molecule has 1 aromatic heterocycles. The number of allylic oxidation sites excluding steroid dienone is 2. The van der Waals surface area contributed by atoms with Crippen molar-refractivity contribution in [2.75, 3.05) is 0 Å². The van der Waals surface area contributed by atoms with Gasteiger partial charge in [0.25, 0.3) is 5.56 Å². The maximum absolute atomic E-state index is 12.3. The lowest BCUT2D eigenvalue weighted by Gasteiger charge is -2.05. The highest BCUT2D eigenvalue weighted by molar-refractivity contribution is 6.35. The molecule has 172 valence electrons. The van der Waals surface area contributed by atoms with Crippen LogP contribution in [0.15, 0.2) is 41.2 Å². The number of benzene rings is 1. The lowest BCUT2D eigenvalue weighted by molar-refractivity contribution is 0.607. The molecule has 0 spiro atoms. The lowest BCUT2D eigenvalue weighted by Crippen LogP contribution is -2.13. The van der Waals surface area contributed by atoms with Crippen molar-refractivity contribution < 1.29 is 0 Å². The number of nitrogens with zero attached hydrogens (tertiary/aromatic N) is 1. The van der Waals surface area contributed by atoms with Crippen molar-refractivity contribution in [3.05, 3.63) is 62.5 Å². The average molecular weight is 466 g/mol. The van der Waals surface area contributed by atoms with Crippen LogP contribution in [-0.2, 0) is 6.42 Å². The van der Waals surface area contributed by atoms with Crippen molar-refractivity contribution in [1.29, 1.82) is 0 Å². The number of rotatable bonds is 16. The van der Waals surface area contributed by atoms with Gasteiger partial charge in [-0.3, -0.25) is 9.89 Å². The van der Waals surface area contributed by atoms with Crippen LogP contribution >= 0.6 is 23.2 Å². The van der Waals surface area contributed by atoms with Gasteiger partial charge in [0, 0.05) is 16.8 Å². The average Bonchev–Trinajstić information content (AvgIpc) is 3.11. The van der Waals surface area contributed by atoms with E-state index in [-0.39, 0.29) is 5.56 Å². The number of hydrogen-bond acceptors (Lipinski definition) is 1. The summed E-state index contributed by atoms with van der Waals surface area (Å²) in [5.74, 6) is 0. The van der Waals surface area contributed by atoms with E-state index < -0.39 is 0 Å². The molecule has 0 bridgehead atoms. The van der Waals surface area contributed by atoms with E-state index in [1.54, 1.807) is 24.3 Å². The maximum Gasteiger partial charge on any atom is 0.271 e. The van der Waals surface area contributed by atoms with Crippen LogP contribution in [0.5, 0.6) is 0 Å². The summed E-state index contributed by atoms with van der Waals surface area (Å²) in [4.78, 5) is 12.3. The third kappa shape index (κ3) is 10.1. The SMILES string of the molecule is CCCCCCCC/C=C\CCCCCCCc1cc(=O)n(-c2ccc(Cl)cc2Cl)[nH]1. The van der Waals surface area contributed by atoms with Gasteiger partial charge in [-0.2, -0.15) is 0 Å². The van der Waals surface area contributed by atoms with Crippen LogP contribution in [0.4, 0.5) is 0 Å². The number of hydrogen-bond donors (Lipinski definition) is 1. The summed E-state index contributed by atoms with van der Waals surface area (Å²) in [5, 5.41) is 4.19. The van der Waals surface area contributed by atoms with Crippen LogP contribution < -0.4 is 5.56 Å². The molecule has 0 aliphatic heterocycles. The predicted molar refractivity (Wildman–Crippen MR) is 135 cm³/mol. The summed E-state index contributed by atoms with van der Waals surface area (Å²) in [6, 6.07) is 6.81. The molecule has 1 heterocycles. The number of nitrogens with one attached hydrogen (secondary N) is 1. The molecule has 5 heteroatoms. The Kier molecular flexibility index (Phi) is 12.8. The largest absolute Gasteiger partial charge is 0.295 e. The van der Waals surface area contributed by atoms with Gasteiger partial charge in [0.05, 0.1) is 10.7 Å². The maximum atomic E-state index is 12.3. The van der Waals surface area contributed by atoms with Crippen LogP contribution in [0.1, 0.15) is 96.1 Å². The molecule has 31 heavy (non-hydrogen) atoms. The Morgan fingerprint density at radius 3 is 2.10 bits per heavy atom. The zero-order valence-corrected chi connectivity index (χ0v) is 20.5. The number of aromatic amines is 1. The third-order valence-corrected chi connectivity index (χ3v) is 6.17. The monoisotopic (exact) mass is 464 g/mol. The second-order valence-corrected chi connectivity index (χ2v) is 9.23. The van der Waals surface area contributed by atoms with Crippen LogP contribution in [0.2, 0.25) is 10.0 Å². The summed E-state index contributed by atoms with van der Waals surface area (Å²) >= 11 is 12.2. The van der Waals surface area contributed by atoms with Crippen molar-refractivity contribution >= 4 is 23.2 Å². The van der Waals surface area contributed by atoms with Gasteiger partial charge < -0.3 is 0 Å². The molecular weight excluding hydrogens is 427 g/mol. The van der Waals surface area contributed by atoms with Crippen LogP contribution in [-0.4, -0.2) is 9.78 Å². The Morgan fingerprint density at radius 2 is 1.45 bits per heavy atom. The molecule has 0 atom stereocenters. The quantitative estimate of drug-likeness (QED) is 0.195. The summed E-state index contributed by atoms with van der Waals surface area (Å²) in [6.45, 7) is 2.27. The number of aromatic nitrogens is 2. The fourth-order valence-corrected chi connectivity index (χ4v) is 4.29. The molecule has 1 aromatic carbocycles. The molecule has 2 rings (SSSR count). The van der Waals surface area contributed by atoms with E-state index >= 15 is 0 Å². The number of H-pyrrole nitrogens is 1. The van der Waals surface area contributed by atoms with E-state index in [1.165, 1.54) is 81.7 Å². The number of aryl methyl sites for hydroxylation is 1. The molecule has 0 saturated heterocycles. The Bertz CT molecular complexity index is 838. The Morgan fingerprint density at radius 1 is 0.839 bits per heavy atom. The molecule has 0 unspecified atom stereocenters. The van der Waals surface area contributed by atoms with Crippen molar-refractivity contribution in [3.63, 3.8) is 0 Å². The van der Waals surface area contributed by atoms with E-state index in [0.717, 1.165) is 18.5 Å². The zero-order chi connectivity index (χ0) is 22.3. The highest BCUT2D eigenvalue weighted by atomic mass is 35.5. The third-order valence-electron chi connectivity index (χ3n) is 5.63. The van der Waals surface area contributed by atoms with E-state index in [9.17, 15) is 4.79 Å². The van der Waals surface area contributed by atoms with E-state index in [1.807, 2.05) is 0 Å². The minimum absolute atomic E-state index is 0.0908. The Labute approximate surface area is 197 Å². The Hall–Kier alpha value is -1.45. The standard InChI is InChI=1S/C26H38Cl2N2O/c1-2-3-4-5-6-7-8-9-10-11-12-13-14-15-16-17-23-21-26(31)30(29-23)25-19-18-22(27)20-24(25)28/h9-10,18-21,29H,2-8,11-17H2,1H3/b10-9-. The molecule has 0 saturated carbocycles. The first kappa shape index (κ1) is 25.8. The second kappa shape index (κ2) is 15.4. The van der Waals surface area contributed by atoms with Gasteiger partial charge in [0.1, 0.15) is 0 Å². The highest BCUT2D eigenvalue weighted by Crippen LogP contribution is 2.23. The fraction of sp³-hybridized carbons (Fsp3) is 0.577. The first-order valence-electron chi connectivity index (χ1n) is 12.0. The van der Waals surface area contributed by atoms with E-state index in [2.05, 4.69) is 24.2 Å². The van der Waals surface area contributed by atoms with Crippen molar-refractivity contribution in [2.24, 2.45) is 0 Å².